The maximum Gasteiger partial charge on any atom is 0.305 e. The van der Waals surface area contributed by atoms with Crippen LogP contribution in [0.25, 0.3) is 0 Å². The number of benzene rings is 1. The molecular weight excluding hydrogens is 462 g/mol. The zero-order valence-corrected chi connectivity index (χ0v) is 22.4. The fourth-order valence-electron chi connectivity index (χ4n) is 3.41. The van der Waals surface area contributed by atoms with Crippen molar-refractivity contribution < 1.29 is 33.2 Å². The highest BCUT2D eigenvalue weighted by Crippen LogP contribution is 2.13. The summed E-state index contributed by atoms with van der Waals surface area (Å²) >= 11 is 0. The standard InChI is InChI=1S/C28H49NO7/c1-2-3-4-5-6-7-8-9-10-11-28(30)36-25-23-34-21-19-32-17-16-31-18-20-33-22-24-35-27-14-12-26(29)13-15-27/h12-15H,2-11,16-25,29H2,1H3. The number of unbranched alkanes of at least 4 members (excludes halogenated alkanes) is 8. The molecule has 0 atom stereocenters. The number of rotatable bonds is 26. The van der Waals surface area contributed by atoms with Gasteiger partial charge in [-0.2, -0.15) is 0 Å². The number of carbonyl (C=O) groups is 1. The smallest absolute Gasteiger partial charge is 0.305 e. The summed E-state index contributed by atoms with van der Waals surface area (Å²) in [4.78, 5) is 11.7. The average Bonchev–Trinajstić information content (AvgIpc) is 2.88. The van der Waals surface area contributed by atoms with E-state index in [1.165, 1.54) is 44.9 Å². The summed E-state index contributed by atoms with van der Waals surface area (Å²) in [6.07, 6.45) is 11.7. The monoisotopic (exact) mass is 511 g/mol. The molecule has 1 rings (SSSR count). The van der Waals surface area contributed by atoms with E-state index in [9.17, 15) is 4.79 Å². The van der Waals surface area contributed by atoms with Crippen LogP contribution in [0.1, 0.15) is 71.1 Å². The van der Waals surface area contributed by atoms with Crippen LogP contribution < -0.4 is 10.5 Å². The Morgan fingerprint density at radius 1 is 0.611 bits per heavy atom. The second-order valence-corrected chi connectivity index (χ2v) is 8.67. The van der Waals surface area contributed by atoms with Gasteiger partial charge in [0.1, 0.15) is 19.0 Å². The molecule has 0 aromatic heterocycles. The lowest BCUT2D eigenvalue weighted by atomic mass is 10.1. The molecule has 0 fully saturated rings. The Kier molecular flexibility index (Phi) is 22.2. The molecule has 0 bridgehead atoms. The zero-order valence-electron chi connectivity index (χ0n) is 22.4. The van der Waals surface area contributed by atoms with Gasteiger partial charge in [0.05, 0.1) is 52.9 Å². The number of ether oxygens (including phenoxy) is 6. The number of hydrogen-bond donors (Lipinski definition) is 1. The van der Waals surface area contributed by atoms with Gasteiger partial charge in [-0.25, -0.2) is 0 Å². The van der Waals surface area contributed by atoms with Gasteiger partial charge in [-0.3, -0.25) is 4.79 Å². The number of anilines is 1. The van der Waals surface area contributed by atoms with E-state index in [0.717, 1.165) is 18.6 Å². The Labute approximate surface area is 218 Å². The lowest BCUT2D eigenvalue weighted by molar-refractivity contribution is -0.145. The minimum Gasteiger partial charge on any atom is -0.491 e. The topological polar surface area (TPSA) is 98.5 Å². The Bertz CT molecular complexity index is 612. The molecule has 1 aromatic rings. The van der Waals surface area contributed by atoms with Crippen LogP contribution in [0.3, 0.4) is 0 Å². The molecule has 2 N–H and O–H groups in total. The van der Waals surface area contributed by atoms with E-state index in [-0.39, 0.29) is 5.97 Å². The summed E-state index contributed by atoms with van der Waals surface area (Å²) in [5.74, 6) is 0.642. The first kappa shape index (κ1) is 32.2. The van der Waals surface area contributed by atoms with E-state index in [1.54, 1.807) is 12.1 Å². The van der Waals surface area contributed by atoms with Gasteiger partial charge in [-0.15, -0.1) is 0 Å². The fraction of sp³-hybridized carbons (Fsp3) is 0.750. The molecule has 0 amide bonds. The van der Waals surface area contributed by atoms with Crippen molar-refractivity contribution in [3.05, 3.63) is 24.3 Å². The van der Waals surface area contributed by atoms with E-state index >= 15 is 0 Å². The van der Waals surface area contributed by atoms with Crippen molar-refractivity contribution >= 4 is 11.7 Å². The normalized spacial score (nSPS) is 11.0. The molecule has 0 unspecified atom stereocenters. The Morgan fingerprint density at radius 3 is 1.58 bits per heavy atom. The van der Waals surface area contributed by atoms with Crippen molar-refractivity contribution in [1.82, 2.24) is 0 Å². The van der Waals surface area contributed by atoms with Gasteiger partial charge < -0.3 is 34.2 Å². The highest BCUT2D eigenvalue weighted by atomic mass is 16.6. The van der Waals surface area contributed by atoms with Crippen LogP contribution >= 0.6 is 0 Å². The molecule has 8 heteroatoms. The van der Waals surface area contributed by atoms with E-state index < -0.39 is 0 Å². The molecule has 0 heterocycles. The first-order chi connectivity index (χ1) is 17.7. The van der Waals surface area contributed by atoms with Crippen molar-refractivity contribution in [2.45, 2.75) is 71.1 Å². The maximum atomic E-state index is 11.7. The number of carbonyl (C=O) groups excluding carboxylic acids is 1. The van der Waals surface area contributed by atoms with Gasteiger partial charge in [-0.1, -0.05) is 58.3 Å². The highest BCUT2D eigenvalue weighted by molar-refractivity contribution is 5.69. The predicted molar refractivity (Wildman–Crippen MR) is 142 cm³/mol. The van der Waals surface area contributed by atoms with Crippen molar-refractivity contribution in [3.63, 3.8) is 0 Å². The molecule has 0 saturated heterocycles. The van der Waals surface area contributed by atoms with Crippen LogP contribution in [-0.2, 0) is 28.5 Å². The molecular formula is C28H49NO7. The summed E-state index contributed by atoms with van der Waals surface area (Å²) in [5, 5.41) is 0. The molecule has 0 saturated carbocycles. The number of nitrogen functional groups attached to an aromatic ring is 1. The van der Waals surface area contributed by atoms with E-state index in [2.05, 4.69) is 6.92 Å². The first-order valence-corrected chi connectivity index (χ1v) is 13.7. The minimum atomic E-state index is -0.131. The van der Waals surface area contributed by atoms with Crippen LogP contribution in [0.4, 0.5) is 5.69 Å². The van der Waals surface area contributed by atoms with E-state index in [4.69, 9.17) is 34.2 Å². The number of hydrogen-bond acceptors (Lipinski definition) is 8. The second-order valence-electron chi connectivity index (χ2n) is 8.67. The summed E-state index contributed by atoms with van der Waals surface area (Å²) in [7, 11) is 0. The van der Waals surface area contributed by atoms with Gasteiger partial charge in [0.25, 0.3) is 0 Å². The molecule has 0 aliphatic rings. The summed E-state index contributed by atoms with van der Waals surface area (Å²) in [5.41, 5.74) is 6.34. The van der Waals surface area contributed by atoms with Crippen molar-refractivity contribution in [1.29, 1.82) is 0 Å². The number of nitrogens with two attached hydrogens (primary N) is 1. The number of esters is 1. The summed E-state index contributed by atoms with van der Waals surface area (Å²) in [6, 6.07) is 7.26. The van der Waals surface area contributed by atoms with Crippen LogP contribution in [0.5, 0.6) is 5.75 Å². The van der Waals surface area contributed by atoms with Crippen molar-refractivity contribution in [2.75, 3.05) is 71.8 Å². The van der Waals surface area contributed by atoms with Crippen molar-refractivity contribution in [2.24, 2.45) is 0 Å². The molecule has 0 aliphatic heterocycles. The molecule has 0 spiro atoms. The molecule has 8 nitrogen and oxygen atoms in total. The van der Waals surface area contributed by atoms with Gasteiger partial charge in [-0.05, 0) is 30.7 Å². The van der Waals surface area contributed by atoms with Crippen molar-refractivity contribution in [3.8, 4) is 5.75 Å². The van der Waals surface area contributed by atoms with Crippen LogP contribution in [0, 0.1) is 0 Å². The third-order valence-corrected chi connectivity index (χ3v) is 5.47. The summed E-state index contributed by atoms with van der Waals surface area (Å²) in [6.45, 7) is 6.86. The molecule has 1 aromatic carbocycles. The Balaban J connectivity index is 1.71. The SMILES string of the molecule is CCCCCCCCCCCC(=O)OCCOCCOCCOCCOCCOc1ccc(N)cc1. The average molecular weight is 512 g/mol. The lowest BCUT2D eigenvalue weighted by Gasteiger charge is -2.09. The highest BCUT2D eigenvalue weighted by Gasteiger charge is 2.02. The van der Waals surface area contributed by atoms with Crippen LogP contribution in [0.15, 0.2) is 24.3 Å². The van der Waals surface area contributed by atoms with Crippen LogP contribution in [0.2, 0.25) is 0 Å². The largest absolute Gasteiger partial charge is 0.491 e. The minimum absolute atomic E-state index is 0.131. The van der Waals surface area contributed by atoms with Gasteiger partial charge >= 0.3 is 5.97 Å². The summed E-state index contributed by atoms with van der Waals surface area (Å²) < 4.78 is 32.5. The van der Waals surface area contributed by atoms with Gasteiger partial charge in [0, 0.05) is 12.1 Å². The molecule has 0 aliphatic carbocycles. The van der Waals surface area contributed by atoms with E-state index in [0.29, 0.717) is 78.2 Å². The molecule has 36 heavy (non-hydrogen) atoms. The molecule has 208 valence electrons. The maximum absolute atomic E-state index is 11.7. The fourth-order valence-corrected chi connectivity index (χ4v) is 3.41. The van der Waals surface area contributed by atoms with E-state index in [1.807, 2.05) is 12.1 Å². The van der Waals surface area contributed by atoms with Crippen LogP contribution in [-0.4, -0.2) is 72.0 Å². The molecule has 0 radical (unpaired) electrons. The third kappa shape index (κ3) is 21.4. The lowest BCUT2D eigenvalue weighted by Crippen LogP contribution is -2.15. The third-order valence-electron chi connectivity index (χ3n) is 5.47. The quantitative estimate of drug-likeness (QED) is 0.103. The zero-order chi connectivity index (χ0) is 25.9. The van der Waals surface area contributed by atoms with Gasteiger partial charge in [0.2, 0.25) is 0 Å². The Morgan fingerprint density at radius 2 is 1.06 bits per heavy atom. The predicted octanol–water partition coefficient (Wildman–Crippen LogP) is 5.18. The van der Waals surface area contributed by atoms with Gasteiger partial charge in [0.15, 0.2) is 0 Å². The second kappa shape index (κ2) is 24.8. The Hall–Kier alpha value is -1.87. The first-order valence-electron chi connectivity index (χ1n) is 13.7.